The minimum absolute atomic E-state index is 0.668. The number of nitrogens with two attached hydrogens (primary N) is 1. The van der Waals surface area contributed by atoms with Crippen LogP contribution in [0.2, 0.25) is 0 Å². The minimum atomic E-state index is 0.668. The molecule has 0 amide bonds. The number of pyridine rings is 1. The van der Waals surface area contributed by atoms with Crippen LogP contribution in [-0.4, -0.2) is 23.6 Å². The van der Waals surface area contributed by atoms with Gasteiger partial charge in [-0.2, -0.15) is 0 Å². The number of hydrogen-bond donors (Lipinski definition) is 1. The molecule has 3 rings (SSSR count). The van der Waals surface area contributed by atoms with Gasteiger partial charge in [0.1, 0.15) is 0 Å². The van der Waals surface area contributed by atoms with Gasteiger partial charge >= 0.3 is 0 Å². The van der Waals surface area contributed by atoms with E-state index in [2.05, 4.69) is 4.98 Å². The van der Waals surface area contributed by atoms with Crippen LogP contribution >= 0.6 is 0 Å². The first-order valence-electron chi connectivity index (χ1n) is 6.59. The molecule has 108 valence electrons. The first kappa shape index (κ1) is 13.3. The summed E-state index contributed by atoms with van der Waals surface area (Å²) in [5.74, 6) is 1.37. The molecule has 0 aliphatic heterocycles. The predicted molar refractivity (Wildman–Crippen MR) is 82.9 cm³/mol. The van der Waals surface area contributed by atoms with Gasteiger partial charge in [-0.05, 0) is 36.8 Å². The Hall–Kier alpha value is -2.69. The molecule has 21 heavy (non-hydrogen) atoms. The lowest BCUT2D eigenvalue weighted by Crippen LogP contribution is -1.93. The fourth-order valence-corrected chi connectivity index (χ4v) is 2.41. The molecular weight excluding hydrogens is 266 g/mol. The molecule has 0 saturated carbocycles. The molecule has 1 aromatic carbocycles. The Kier molecular flexibility index (Phi) is 3.17. The van der Waals surface area contributed by atoms with Gasteiger partial charge in [0.05, 0.1) is 25.6 Å². The maximum absolute atomic E-state index is 6.02. The molecule has 0 unspecified atom stereocenters. The lowest BCUT2D eigenvalue weighted by Gasteiger charge is -2.08. The molecule has 0 fully saturated rings. The molecule has 0 radical (unpaired) electrons. The summed E-state index contributed by atoms with van der Waals surface area (Å²) in [5, 5.41) is 0. The van der Waals surface area contributed by atoms with Gasteiger partial charge < -0.3 is 19.6 Å². The van der Waals surface area contributed by atoms with Crippen LogP contribution in [0.25, 0.3) is 16.9 Å². The number of nitrogens with zero attached hydrogens (tertiary/aromatic N) is 2. The molecule has 0 aliphatic rings. The maximum atomic E-state index is 6.02. The van der Waals surface area contributed by atoms with E-state index in [1.165, 1.54) is 0 Å². The Bertz CT molecular complexity index is 809. The van der Waals surface area contributed by atoms with Gasteiger partial charge in [0.15, 0.2) is 17.1 Å². The summed E-state index contributed by atoms with van der Waals surface area (Å²) in [5.41, 5.74) is 10.3. The zero-order valence-corrected chi connectivity index (χ0v) is 12.3. The number of imidazole rings is 1. The van der Waals surface area contributed by atoms with E-state index in [1.807, 2.05) is 48.0 Å². The standard InChI is InChI=1S/C16H17N3O2/c1-10-6-12(17)16-18-13(9-19(16)8-10)11-4-5-14(20-2)15(7-11)21-3/h4-9H,17H2,1-3H3. The summed E-state index contributed by atoms with van der Waals surface area (Å²) in [6.07, 6.45) is 3.96. The van der Waals surface area contributed by atoms with E-state index in [0.29, 0.717) is 17.2 Å². The Morgan fingerprint density at radius 2 is 1.81 bits per heavy atom. The number of fused-ring (bicyclic) bond motifs is 1. The van der Waals surface area contributed by atoms with Crippen LogP contribution in [0.4, 0.5) is 5.69 Å². The van der Waals surface area contributed by atoms with Crippen molar-refractivity contribution >= 4 is 11.3 Å². The van der Waals surface area contributed by atoms with Crippen LogP contribution < -0.4 is 15.2 Å². The number of anilines is 1. The van der Waals surface area contributed by atoms with E-state index < -0.39 is 0 Å². The van der Waals surface area contributed by atoms with Crippen molar-refractivity contribution in [3.05, 3.63) is 42.2 Å². The molecule has 0 atom stereocenters. The van der Waals surface area contributed by atoms with Crippen molar-refractivity contribution in [1.29, 1.82) is 0 Å². The Balaban J connectivity index is 2.14. The number of hydrogen-bond acceptors (Lipinski definition) is 4. The summed E-state index contributed by atoms with van der Waals surface area (Å²) in [6.45, 7) is 2.01. The van der Waals surface area contributed by atoms with E-state index in [1.54, 1.807) is 14.2 Å². The number of ether oxygens (including phenoxy) is 2. The third kappa shape index (κ3) is 2.27. The smallest absolute Gasteiger partial charge is 0.161 e. The molecule has 2 N–H and O–H groups in total. The highest BCUT2D eigenvalue weighted by Crippen LogP contribution is 2.32. The topological polar surface area (TPSA) is 61.8 Å². The normalized spacial score (nSPS) is 10.8. The fraction of sp³-hybridized carbons (Fsp3) is 0.188. The third-order valence-corrected chi connectivity index (χ3v) is 3.40. The number of methoxy groups -OCH3 is 2. The van der Waals surface area contributed by atoms with Crippen LogP contribution in [0.15, 0.2) is 36.7 Å². The third-order valence-electron chi connectivity index (χ3n) is 3.40. The lowest BCUT2D eigenvalue weighted by molar-refractivity contribution is 0.355. The van der Waals surface area contributed by atoms with Gasteiger partial charge in [-0.3, -0.25) is 0 Å². The van der Waals surface area contributed by atoms with E-state index in [4.69, 9.17) is 15.2 Å². The van der Waals surface area contributed by atoms with Crippen LogP contribution in [0.3, 0.4) is 0 Å². The number of nitrogen functional groups attached to an aromatic ring is 1. The van der Waals surface area contributed by atoms with Crippen LogP contribution in [0, 0.1) is 6.92 Å². The second kappa shape index (κ2) is 5.01. The Morgan fingerprint density at radius 1 is 1.05 bits per heavy atom. The Labute approximate surface area is 122 Å². The van der Waals surface area contributed by atoms with Crippen molar-refractivity contribution in [1.82, 2.24) is 9.38 Å². The molecule has 5 nitrogen and oxygen atoms in total. The molecule has 2 heterocycles. The quantitative estimate of drug-likeness (QED) is 0.803. The molecule has 0 bridgehead atoms. The average Bonchev–Trinajstić information content (AvgIpc) is 2.90. The van der Waals surface area contributed by atoms with Crippen molar-refractivity contribution in [3.63, 3.8) is 0 Å². The Morgan fingerprint density at radius 3 is 2.52 bits per heavy atom. The molecule has 0 spiro atoms. The molecule has 0 aliphatic carbocycles. The number of aryl methyl sites for hydroxylation is 1. The monoisotopic (exact) mass is 283 g/mol. The zero-order valence-electron chi connectivity index (χ0n) is 12.3. The van der Waals surface area contributed by atoms with Crippen molar-refractivity contribution in [2.24, 2.45) is 0 Å². The number of aromatic nitrogens is 2. The molecule has 5 heteroatoms. The van der Waals surface area contributed by atoms with Crippen molar-refractivity contribution < 1.29 is 9.47 Å². The van der Waals surface area contributed by atoms with Crippen molar-refractivity contribution in [2.75, 3.05) is 20.0 Å². The van der Waals surface area contributed by atoms with E-state index in [9.17, 15) is 0 Å². The van der Waals surface area contributed by atoms with Crippen LogP contribution in [0.5, 0.6) is 11.5 Å². The van der Waals surface area contributed by atoms with Crippen LogP contribution in [-0.2, 0) is 0 Å². The van der Waals surface area contributed by atoms with Crippen molar-refractivity contribution in [2.45, 2.75) is 6.92 Å². The van der Waals surface area contributed by atoms with Gasteiger partial charge in [-0.15, -0.1) is 0 Å². The van der Waals surface area contributed by atoms with E-state index in [0.717, 1.165) is 22.5 Å². The highest BCUT2D eigenvalue weighted by atomic mass is 16.5. The van der Waals surface area contributed by atoms with Gasteiger partial charge in [-0.25, -0.2) is 4.98 Å². The largest absolute Gasteiger partial charge is 0.493 e. The SMILES string of the molecule is COc1ccc(-c2cn3cc(C)cc(N)c3n2)cc1OC. The summed E-state index contributed by atoms with van der Waals surface area (Å²) in [4.78, 5) is 4.60. The summed E-state index contributed by atoms with van der Waals surface area (Å²) in [6, 6.07) is 7.64. The number of benzene rings is 1. The second-order valence-corrected chi connectivity index (χ2v) is 4.90. The highest BCUT2D eigenvalue weighted by Gasteiger charge is 2.10. The van der Waals surface area contributed by atoms with Gasteiger partial charge in [0.25, 0.3) is 0 Å². The highest BCUT2D eigenvalue weighted by molar-refractivity contribution is 5.72. The van der Waals surface area contributed by atoms with Crippen LogP contribution in [0.1, 0.15) is 5.56 Å². The maximum Gasteiger partial charge on any atom is 0.161 e. The van der Waals surface area contributed by atoms with E-state index >= 15 is 0 Å². The predicted octanol–water partition coefficient (Wildman–Crippen LogP) is 2.91. The van der Waals surface area contributed by atoms with E-state index in [-0.39, 0.29) is 0 Å². The lowest BCUT2D eigenvalue weighted by atomic mass is 10.1. The van der Waals surface area contributed by atoms with Crippen molar-refractivity contribution in [3.8, 4) is 22.8 Å². The molecule has 2 aromatic heterocycles. The summed E-state index contributed by atoms with van der Waals surface area (Å²) >= 11 is 0. The van der Waals surface area contributed by atoms with Gasteiger partial charge in [0, 0.05) is 18.0 Å². The summed E-state index contributed by atoms with van der Waals surface area (Å²) < 4.78 is 12.5. The fourth-order valence-electron chi connectivity index (χ4n) is 2.41. The zero-order chi connectivity index (χ0) is 15.0. The van der Waals surface area contributed by atoms with Gasteiger partial charge in [0.2, 0.25) is 0 Å². The molecule has 0 saturated heterocycles. The average molecular weight is 283 g/mol. The molecule has 3 aromatic rings. The first-order valence-corrected chi connectivity index (χ1v) is 6.59. The summed E-state index contributed by atoms with van der Waals surface area (Å²) in [7, 11) is 3.23. The van der Waals surface area contributed by atoms with Gasteiger partial charge in [-0.1, -0.05) is 0 Å². The minimum Gasteiger partial charge on any atom is -0.493 e. The second-order valence-electron chi connectivity index (χ2n) is 4.90. The first-order chi connectivity index (χ1) is 10.1. The number of rotatable bonds is 3. The molecular formula is C16H17N3O2.